The van der Waals surface area contributed by atoms with E-state index in [1.807, 2.05) is 0 Å². The first kappa shape index (κ1) is 22.4. The topological polar surface area (TPSA) is 129 Å². The van der Waals surface area contributed by atoms with Crippen LogP contribution >= 0.6 is 24.0 Å². The molecular formula is C16H14Cl2F2N6O3. The zero-order valence-corrected chi connectivity index (χ0v) is 16.1. The molecule has 0 bridgehead atoms. The molecule has 0 aliphatic carbocycles. The first-order valence-electron chi connectivity index (χ1n) is 7.87. The van der Waals surface area contributed by atoms with Crippen LogP contribution in [0.25, 0.3) is 5.69 Å². The molecule has 0 fully saturated rings. The second kappa shape index (κ2) is 9.54. The number of hydrogen-bond acceptors (Lipinski definition) is 7. The molecule has 1 aromatic carbocycles. The third kappa shape index (κ3) is 5.79. The van der Waals surface area contributed by atoms with Crippen LogP contribution < -0.4 is 10.5 Å². The van der Waals surface area contributed by atoms with Gasteiger partial charge in [0.2, 0.25) is 0 Å². The number of nitrogens with zero attached hydrogens (tertiary/aromatic N) is 5. The molecule has 3 aromatic rings. The number of aliphatic carboxylic acids is 1. The summed E-state index contributed by atoms with van der Waals surface area (Å²) in [4.78, 5) is 15.3. The zero-order valence-electron chi connectivity index (χ0n) is 14.5. The Labute approximate surface area is 173 Å². The van der Waals surface area contributed by atoms with E-state index >= 15 is 0 Å². The molecule has 0 spiro atoms. The fourth-order valence-electron chi connectivity index (χ4n) is 2.26. The largest absolute Gasteiger partial charge is 0.481 e. The second-order valence-corrected chi connectivity index (χ2v) is 6.15. The van der Waals surface area contributed by atoms with Crippen molar-refractivity contribution < 1.29 is 23.4 Å². The van der Waals surface area contributed by atoms with E-state index in [1.54, 1.807) is 0 Å². The standard InChI is InChI=1S/C16H13ClF2N6O3.ClH/c17-8-3-12(19)16(21-7-8)28-10-1-2-13(11(18)6-10)25-23-14(22-24-25)4-9(20)5-15(26)27;/h1-3,6-7,9H,4-5,20H2,(H,26,27);1H/t9-;/m0./s1. The summed E-state index contributed by atoms with van der Waals surface area (Å²) in [5.41, 5.74) is 5.63. The van der Waals surface area contributed by atoms with Crippen molar-refractivity contribution in [2.45, 2.75) is 18.9 Å². The third-order valence-corrected chi connectivity index (χ3v) is 3.67. The quantitative estimate of drug-likeness (QED) is 0.566. The van der Waals surface area contributed by atoms with E-state index in [2.05, 4.69) is 20.4 Å². The Kier molecular flexibility index (Phi) is 7.37. The maximum atomic E-state index is 14.4. The number of carboxylic acid groups (broad SMARTS) is 1. The van der Waals surface area contributed by atoms with Crippen molar-refractivity contribution in [3.63, 3.8) is 0 Å². The summed E-state index contributed by atoms with van der Waals surface area (Å²) in [6.07, 6.45) is 1.00. The molecule has 0 saturated heterocycles. The number of halogens is 4. The lowest BCUT2D eigenvalue weighted by atomic mass is 10.1. The summed E-state index contributed by atoms with van der Waals surface area (Å²) in [5.74, 6) is -2.79. The van der Waals surface area contributed by atoms with Gasteiger partial charge in [0.1, 0.15) is 11.4 Å². The van der Waals surface area contributed by atoms with Crippen molar-refractivity contribution >= 4 is 30.0 Å². The molecule has 3 rings (SSSR count). The Morgan fingerprint density at radius 2 is 2.07 bits per heavy atom. The average Bonchev–Trinajstić information content (AvgIpc) is 3.04. The first-order chi connectivity index (χ1) is 13.3. The van der Waals surface area contributed by atoms with Gasteiger partial charge in [0, 0.05) is 24.7 Å². The number of tetrazole rings is 1. The van der Waals surface area contributed by atoms with Crippen LogP contribution in [0.3, 0.4) is 0 Å². The fraction of sp³-hybridized carbons (Fsp3) is 0.188. The Balaban J connectivity index is 0.00000300. The normalized spacial score (nSPS) is 11.6. The number of carbonyl (C=O) groups is 1. The van der Waals surface area contributed by atoms with Crippen LogP contribution in [0.5, 0.6) is 11.6 Å². The minimum Gasteiger partial charge on any atom is -0.481 e. The summed E-state index contributed by atoms with van der Waals surface area (Å²) in [7, 11) is 0. The SMILES string of the molecule is Cl.N[C@H](CC(=O)O)Cc1nnn(-c2ccc(Oc3ncc(Cl)cc3F)cc2F)n1. The van der Waals surface area contributed by atoms with Crippen molar-refractivity contribution in [2.75, 3.05) is 0 Å². The maximum absolute atomic E-state index is 14.4. The number of aromatic nitrogens is 5. The molecule has 9 nitrogen and oxygen atoms in total. The van der Waals surface area contributed by atoms with Crippen LogP contribution in [-0.4, -0.2) is 42.3 Å². The van der Waals surface area contributed by atoms with Gasteiger partial charge in [-0.1, -0.05) is 11.6 Å². The summed E-state index contributed by atoms with van der Waals surface area (Å²) >= 11 is 5.61. The highest BCUT2D eigenvalue weighted by Crippen LogP contribution is 2.26. The van der Waals surface area contributed by atoms with Crippen molar-refractivity contribution in [3.8, 4) is 17.3 Å². The van der Waals surface area contributed by atoms with Gasteiger partial charge in [0.05, 0.1) is 11.4 Å². The van der Waals surface area contributed by atoms with Crippen molar-refractivity contribution in [1.82, 2.24) is 25.2 Å². The molecule has 13 heteroatoms. The minimum absolute atomic E-state index is 0. The van der Waals surface area contributed by atoms with Crippen LogP contribution in [0.1, 0.15) is 12.2 Å². The third-order valence-electron chi connectivity index (χ3n) is 3.46. The molecule has 154 valence electrons. The van der Waals surface area contributed by atoms with E-state index in [9.17, 15) is 13.6 Å². The molecule has 0 unspecified atom stereocenters. The highest BCUT2D eigenvalue weighted by Gasteiger charge is 2.16. The van der Waals surface area contributed by atoms with Crippen molar-refractivity contribution in [2.24, 2.45) is 5.73 Å². The van der Waals surface area contributed by atoms with Crippen LogP contribution in [-0.2, 0) is 11.2 Å². The summed E-state index contributed by atoms with van der Waals surface area (Å²) < 4.78 is 33.3. The van der Waals surface area contributed by atoms with E-state index in [1.165, 1.54) is 18.3 Å². The van der Waals surface area contributed by atoms with Gasteiger partial charge in [-0.25, -0.2) is 13.8 Å². The highest BCUT2D eigenvalue weighted by atomic mass is 35.5. The molecule has 0 radical (unpaired) electrons. The van der Waals surface area contributed by atoms with Gasteiger partial charge in [0.15, 0.2) is 17.5 Å². The molecule has 1 atom stereocenters. The lowest BCUT2D eigenvalue weighted by molar-refractivity contribution is -0.137. The summed E-state index contributed by atoms with van der Waals surface area (Å²) in [5, 5.41) is 20.2. The first-order valence-corrected chi connectivity index (χ1v) is 8.24. The van der Waals surface area contributed by atoms with Crippen LogP contribution in [0.15, 0.2) is 30.5 Å². The number of rotatable bonds is 7. The predicted molar refractivity (Wildman–Crippen MR) is 99.6 cm³/mol. The number of benzene rings is 1. The number of pyridine rings is 1. The fourth-order valence-corrected chi connectivity index (χ4v) is 2.40. The summed E-state index contributed by atoms with van der Waals surface area (Å²) in [6.45, 7) is 0. The molecule has 2 heterocycles. The number of ether oxygens (including phenoxy) is 1. The molecule has 29 heavy (non-hydrogen) atoms. The van der Waals surface area contributed by atoms with E-state index < -0.39 is 23.6 Å². The zero-order chi connectivity index (χ0) is 20.3. The minimum atomic E-state index is -1.05. The molecule has 0 aliphatic rings. The van der Waals surface area contributed by atoms with E-state index in [-0.39, 0.29) is 53.4 Å². The number of nitrogens with two attached hydrogens (primary N) is 1. The lowest BCUT2D eigenvalue weighted by Crippen LogP contribution is -2.26. The van der Waals surface area contributed by atoms with Crippen molar-refractivity contribution in [1.29, 1.82) is 0 Å². The van der Waals surface area contributed by atoms with Crippen LogP contribution in [0, 0.1) is 11.6 Å². The molecule has 0 amide bonds. The van der Waals surface area contributed by atoms with Gasteiger partial charge in [0.25, 0.3) is 5.88 Å². The second-order valence-electron chi connectivity index (χ2n) is 5.71. The Morgan fingerprint density at radius 1 is 1.31 bits per heavy atom. The Bertz CT molecular complexity index is 1020. The highest BCUT2D eigenvalue weighted by molar-refractivity contribution is 6.30. The van der Waals surface area contributed by atoms with Crippen LogP contribution in [0.4, 0.5) is 8.78 Å². The molecule has 0 saturated carbocycles. The predicted octanol–water partition coefficient (Wildman–Crippen LogP) is 2.55. The van der Waals surface area contributed by atoms with Gasteiger partial charge in [-0.15, -0.1) is 27.4 Å². The molecule has 3 N–H and O–H groups in total. The lowest BCUT2D eigenvalue weighted by Gasteiger charge is -2.07. The van der Waals surface area contributed by atoms with Gasteiger partial charge in [-0.05, 0) is 23.4 Å². The molecule has 2 aromatic heterocycles. The number of hydrogen-bond donors (Lipinski definition) is 2. The maximum Gasteiger partial charge on any atom is 0.304 e. The van der Waals surface area contributed by atoms with E-state index in [0.717, 1.165) is 16.9 Å². The van der Waals surface area contributed by atoms with Gasteiger partial charge < -0.3 is 15.6 Å². The Hall–Kier alpha value is -2.89. The van der Waals surface area contributed by atoms with Crippen LogP contribution in [0.2, 0.25) is 5.02 Å². The molecule has 0 aliphatic heterocycles. The number of carboxylic acids is 1. The smallest absolute Gasteiger partial charge is 0.304 e. The van der Waals surface area contributed by atoms with Gasteiger partial charge in [-0.3, -0.25) is 4.79 Å². The average molecular weight is 447 g/mol. The van der Waals surface area contributed by atoms with Gasteiger partial charge >= 0.3 is 5.97 Å². The van der Waals surface area contributed by atoms with Crippen molar-refractivity contribution in [3.05, 3.63) is 52.9 Å². The summed E-state index contributed by atoms with van der Waals surface area (Å²) in [6, 6.07) is 4.00. The van der Waals surface area contributed by atoms with E-state index in [4.69, 9.17) is 27.2 Å². The molecular weight excluding hydrogens is 433 g/mol. The monoisotopic (exact) mass is 446 g/mol. The van der Waals surface area contributed by atoms with Gasteiger partial charge in [-0.2, -0.15) is 0 Å². The van der Waals surface area contributed by atoms with E-state index in [0.29, 0.717) is 0 Å². The Morgan fingerprint density at radius 3 is 2.72 bits per heavy atom.